The first-order valence-electron chi connectivity index (χ1n) is 9.18. The second-order valence-corrected chi connectivity index (χ2v) is 7.30. The van der Waals surface area contributed by atoms with Crippen molar-refractivity contribution in [1.29, 1.82) is 0 Å². The van der Waals surface area contributed by atoms with Gasteiger partial charge in [0.2, 0.25) is 5.91 Å². The van der Waals surface area contributed by atoms with Crippen LogP contribution in [0.15, 0.2) is 36.5 Å². The fraction of sp³-hybridized carbons (Fsp3) is 0.450. The number of halogens is 1. The number of hydrogen-bond acceptors (Lipinski definition) is 3. The molecule has 144 valence electrons. The van der Waals surface area contributed by atoms with Gasteiger partial charge in [-0.05, 0) is 29.7 Å². The molecule has 1 aromatic heterocycles. The molecule has 1 atom stereocenters. The summed E-state index contributed by atoms with van der Waals surface area (Å²) in [5, 5.41) is 4.06. The second-order valence-electron chi connectivity index (χ2n) is 7.30. The normalized spacial score (nSPS) is 18.1. The zero-order valence-corrected chi connectivity index (χ0v) is 15.9. The first kappa shape index (κ1) is 19.1. The van der Waals surface area contributed by atoms with Gasteiger partial charge in [0, 0.05) is 39.3 Å². The summed E-state index contributed by atoms with van der Waals surface area (Å²) in [5.41, 5.74) is 1.39. The average Bonchev–Trinajstić information content (AvgIpc) is 2.99. The summed E-state index contributed by atoms with van der Waals surface area (Å²) in [6.45, 7) is 5.36. The van der Waals surface area contributed by atoms with Crippen LogP contribution in [0.1, 0.15) is 36.3 Å². The lowest BCUT2D eigenvalue weighted by atomic mass is 10.0. The molecule has 0 saturated carbocycles. The van der Waals surface area contributed by atoms with E-state index >= 15 is 0 Å². The van der Waals surface area contributed by atoms with Crippen molar-refractivity contribution in [2.75, 3.05) is 13.1 Å². The van der Waals surface area contributed by atoms with Crippen molar-refractivity contribution in [3.8, 4) is 0 Å². The van der Waals surface area contributed by atoms with Crippen LogP contribution < -0.4 is 0 Å². The molecular weight excluding hydrogens is 347 g/mol. The molecule has 3 rings (SSSR count). The van der Waals surface area contributed by atoms with Gasteiger partial charge in [0.15, 0.2) is 0 Å². The van der Waals surface area contributed by atoms with Gasteiger partial charge in [0.25, 0.3) is 5.91 Å². The minimum Gasteiger partial charge on any atom is -0.335 e. The van der Waals surface area contributed by atoms with Crippen LogP contribution in [0.2, 0.25) is 0 Å². The zero-order chi connectivity index (χ0) is 19.6. The lowest BCUT2D eigenvalue weighted by Gasteiger charge is -2.34. The molecule has 6 nitrogen and oxygen atoms in total. The molecule has 0 N–H and O–H groups in total. The van der Waals surface area contributed by atoms with Crippen molar-refractivity contribution in [3.05, 3.63) is 53.6 Å². The summed E-state index contributed by atoms with van der Waals surface area (Å²) in [4.78, 5) is 29.3. The van der Waals surface area contributed by atoms with Crippen LogP contribution in [0.5, 0.6) is 0 Å². The van der Waals surface area contributed by atoms with Gasteiger partial charge < -0.3 is 9.80 Å². The highest BCUT2D eigenvalue weighted by molar-refractivity contribution is 5.93. The van der Waals surface area contributed by atoms with Crippen LogP contribution in [-0.2, 0) is 18.4 Å². The van der Waals surface area contributed by atoms with Gasteiger partial charge in [-0.3, -0.25) is 14.3 Å². The molecule has 2 aromatic rings. The number of aromatic nitrogens is 2. The van der Waals surface area contributed by atoms with Gasteiger partial charge in [-0.15, -0.1) is 0 Å². The molecule has 0 aliphatic carbocycles. The SMILES string of the molecule is CC(C)[C@@H]1CN(C(=O)c2ccnn2C)CCC(=O)N1Cc1ccc(F)cc1. The lowest BCUT2D eigenvalue weighted by molar-refractivity contribution is -0.134. The van der Waals surface area contributed by atoms with Crippen LogP contribution in [0.4, 0.5) is 4.39 Å². The minimum atomic E-state index is -0.297. The third kappa shape index (κ3) is 4.18. The summed E-state index contributed by atoms with van der Waals surface area (Å²) in [5.74, 6) is -0.223. The van der Waals surface area contributed by atoms with E-state index in [9.17, 15) is 14.0 Å². The Kier molecular flexibility index (Phi) is 5.58. The van der Waals surface area contributed by atoms with Gasteiger partial charge in [-0.25, -0.2) is 4.39 Å². The average molecular weight is 372 g/mol. The van der Waals surface area contributed by atoms with Crippen molar-refractivity contribution in [2.24, 2.45) is 13.0 Å². The molecule has 27 heavy (non-hydrogen) atoms. The maximum atomic E-state index is 13.2. The first-order valence-corrected chi connectivity index (χ1v) is 9.18. The van der Waals surface area contributed by atoms with Crippen LogP contribution in [0, 0.1) is 11.7 Å². The molecule has 0 bridgehead atoms. The number of hydrogen-bond donors (Lipinski definition) is 0. The smallest absolute Gasteiger partial charge is 0.272 e. The van der Waals surface area contributed by atoms with E-state index in [1.807, 2.05) is 18.7 Å². The van der Waals surface area contributed by atoms with Crippen LogP contribution >= 0.6 is 0 Å². The molecule has 0 radical (unpaired) electrons. The second kappa shape index (κ2) is 7.90. The monoisotopic (exact) mass is 372 g/mol. The fourth-order valence-electron chi connectivity index (χ4n) is 3.47. The molecule has 2 heterocycles. The van der Waals surface area contributed by atoms with E-state index in [1.165, 1.54) is 12.1 Å². The Bertz CT molecular complexity index is 816. The highest BCUT2D eigenvalue weighted by atomic mass is 19.1. The number of nitrogens with zero attached hydrogens (tertiary/aromatic N) is 4. The van der Waals surface area contributed by atoms with Crippen LogP contribution in [0.25, 0.3) is 0 Å². The molecule has 0 spiro atoms. The summed E-state index contributed by atoms with van der Waals surface area (Å²) in [6, 6.07) is 7.78. The van der Waals surface area contributed by atoms with E-state index in [-0.39, 0.29) is 36.0 Å². The highest BCUT2D eigenvalue weighted by Crippen LogP contribution is 2.22. The molecule has 2 amide bonds. The molecule has 1 aliphatic heterocycles. The Labute approximate surface area is 158 Å². The van der Waals surface area contributed by atoms with Gasteiger partial charge in [0.05, 0.1) is 6.04 Å². The summed E-state index contributed by atoms with van der Waals surface area (Å²) in [6.07, 6.45) is 1.87. The molecule has 1 fully saturated rings. The van der Waals surface area contributed by atoms with Crippen molar-refractivity contribution in [2.45, 2.75) is 32.9 Å². The van der Waals surface area contributed by atoms with Gasteiger partial charge in [0.1, 0.15) is 11.5 Å². The van der Waals surface area contributed by atoms with Crippen LogP contribution in [0.3, 0.4) is 0 Å². The fourth-order valence-corrected chi connectivity index (χ4v) is 3.47. The summed E-state index contributed by atoms with van der Waals surface area (Å²) in [7, 11) is 1.73. The third-order valence-corrected chi connectivity index (χ3v) is 5.09. The number of aryl methyl sites for hydroxylation is 1. The molecular formula is C20H25FN4O2. The van der Waals surface area contributed by atoms with Gasteiger partial charge in [-0.1, -0.05) is 26.0 Å². The standard InChI is InChI=1S/C20H25FN4O2/c1-14(2)18-13-24(20(27)17-8-10-22-23(17)3)11-9-19(26)25(18)12-15-4-6-16(21)7-5-15/h4-8,10,14,18H,9,11-13H2,1-3H3/t18-/m0/s1. The Morgan fingerprint density at radius 1 is 1.26 bits per heavy atom. The van der Waals surface area contributed by atoms with Crippen molar-refractivity contribution in [3.63, 3.8) is 0 Å². The highest BCUT2D eigenvalue weighted by Gasteiger charge is 2.34. The lowest BCUT2D eigenvalue weighted by Crippen LogP contribution is -2.47. The number of rotatable bonds is 4. The number of amides is 2. The van der Waals surface area contributed by atoms with E-state index < -0.39 is 0 Å². The molecule has 7 heteroatoms. The molecule has 1 aromatic carbocycles. The quantitative estimate of drug-likeness (QED) is 0.828. The largest absolute Gasteiger partial charge is 0.335 e. The van der Waals surface area contributed by atoms with E-state index in [0.717, 1.165) is 5.56 Å². The van der Waals surface area contributed by atoms with Crippen molar-refractivity contribution in [1.82, 2.24) is 19.6 Å². The van der Waals surface area contributed by atoms with E-state index in [2.05, 4.69) is 5.10 Å². The van der Waals surface area contributed by atoms with Gasteiger partial charge in [-0.2, -0.15) is 5.10 Å². The van der Waals surface area contributed by atoms with E-state index in [0.29, 0.717) is 25.3 Å². The summed E-state index contributed by atoms with van der Waals surface area (Å²) < 4.78 is 14.7. The Morgan fingerprint density at radius 2 is 1.96 bits per heavy atom. The molecule has 1 saturated heterocycles. The van der Waals surface area contributed by atoms with Crippen LogP contribution in [-0.4, -0.2) is 50.5 Å². The third-order valence-electron chi connectivity index (χ3n) is 5.09. The van der Waals surface area contributed by atoms with Crippen molar-refractivity contribution < 1.29 is 14.0 Å². The van der Waals surface area contributed by atoms with E-state index in [4.69, 9.17) is 0 Å². The number of benzene rings is 1. The number of carbonyl (C=O) groups is 2. The predicted molar refractivity (Wildman–Crippen MR) is 99.3 cm³/mol. The first-order chi connectivity index (χ1) is 12.9. The maximum absolute atomic E-state index is 13.2. The molecule has 1 aliphatic rings. The van der Waals surface area contributed by atoms with Gasteiger partial charge >= 0.3 is 0 Å². The summed E-state index contributed by atoms with van der Waals surface area (Å²) >= 11 is 0. The predicted octanol–water partition coefficient (Wildman–Crippen LogP) is 2.46. The van der Waals surface area contributed by atoms with E-state index in [1.54, 1.807) is 41.0 Å². The number of carbonyl (C=O) groups excluding carboxylic acids is 2. The Hall–Kier alpha value is -2.70. The Balaban J connectivity index is 1.83. The zero-order valence-electron chi connectivity index (χ0n) is 15.9. The van der Waals surface area contributed by atoms with Crippen molar-refractivity contribution >= 4 is 11.8 Å². The molecule has 0 unspecified atom stereocenters. The minimum absolute atomic E-state index is 0.0123. The maximum Gasteiger partial charge on any atom is 0.272 e. The Morgan fingerprint density at radius 3 is 2.56 bits per heavy atom. The topological polar surface area (TPSA) is 58.4 Å².